The highest BCUT2D eigenvalue weighted by molar-refractivity contribution is 4.91. The zero-order valence-corrected chi connectivity index (χ0v) is 7.96. The molecular weight excluding hydrogens is 158 g/mol. The van der Waals surface area contributed by atoms with E-state index in [2.05, 4.69) is 5.32 Å². The standard InChI is InChI=1S/C8H19NO3/c1-7(2,3)9-8(4-10,5-11)6-12/h9-12H,4-6H2,1-3H3. The van der Waals surface area contributed by atoms with Gasteiger partial charge in [0.05, 0.1) is 25.4 Å². The van der Waals surface area contributed by atoms with Crippen molar-refractivity contribution in [2.75, 3.05) is 19.8 Å². The van der Waals surface area contributed by atoms with E-state index in [1.54, 1.807) is 0 Å². The third kappa shape index (κ3) is 3.49. The van der Waals surface area contributed by atoms with E-state index in [1.165, 1.54) is 0 Å². The largest absolute Gasteiger partial charge is 0.394 e. The van der Waals surface area contributed by atoms with Gasteiger partial charge in [-0.15, -0.1) is 0 Å². The lowest BCUT2D eigenvalue weighted by molar-refractivity contribution is 0.0255. The first-order valence-corrected chi connectivity index (χ1v) is 4.01. The molecule has 0 radical (unpaired) electrons. The zero-order chi connectivity index (χ0) is 9.83. The van der Waals surface area contributed by atoms with Crippen LogP contribution in [0.15, 0.2) is 0 Å². The van der Waals surface area contributed by atoms with Gasteiger partial charge in [0.1, 0.15) is 0 Å². The molecule has 74 valence electrons. The average molecular weight is 177 g/mol. The van der Waals surface area contributed by atoms with Gasteiger partial charge in [-0.2, -0.15) is 0 Å². The quantitative estimate of drug-likeness (QED) is 0.448. The molecule has 0 heterocycles. The minimum atomic E-state index is -0.974. The van der Waals surface area contributed by atoms with E-state index in [0.717, 1.165) is 0 Å². The lowest BCUT2D eigenvalue weighted by Crippen LogP contribution is -2.61. The molecule has 0 aromatic carbocycles. The fourth-order valence-electron chi connectivity index (χ4n) is 1.06. The van der Waals surface area contributed by atoms with E-state index in [4.69, 9.17) is 15.3 Å². The van der Waals surface area contributed by atoms with E-state index in [9.17, 15) is 0 Å². The maximum absolute atomic E-state index is 8.96. The van der Waals surface area contributed by atoms with E-state index in [1.807, 2.05) is 20.8 Å². The van der Waals surface area contributed by atoms with Crippen LogP contribution in [0, 0.1) is 0 Å². The van der Waals surface area contributed by atoms with Gasteiger partial charge in [-0.25, -0.2) is 0 Å². The minimum Gasteiger partial charge on any atom is -0.394 e. The first-order valence-electron chi connectivity index (χ1n) is 4.01. The summed E-state index contributed by atoms with van der Waals surface area (Å²) in [5.41, 5.74) is -1.22. The second-order valence-electron chi connectivity index (χ2n) is 4.13. The van der Waals surface area contributed by atoms with Gasteiger partial charge in [0.2, 0.25) is 0 Å². The van der Waals surface area contributed by atoms with Crippen molar-refractivity contribution in [2.24, 2.45) is 0 Å². The Kier molecular flexibility index (Phi) is 4.13. The summed E-state index contributed by atoms with van der Waals surface area (Å²) in [5, 5.41) is 29.8. The number of aliphatic hydroxyl groups is 3. The van der Waals surface area contributed by atoms with Gasteiger partial charge >= 0.3 is 0 Å². The van der Waals surface area contributed by atoms with Crippen molar-refractivity contribution in [2.45, 2.75) is 31.8 Å². The van der Waals surface area contributed by atoms with Crippen LogP contribution in [0.4, 0.5) is 0 Å². The molecule has 0 unspecified atom stereocenters. The summed E-state index contributed by atoms with van der Waals surface area (Å²) in [4.78, 5) is 0. The van der Waals surface area contributed by atoms with Crippen LogP contribution in [-0.4, -0.2) is 46.2 Å². The SMILES string of the molecule is CC(C)(C)NC(CO)(CO)CO. The van der Waals surface area contributed by atoms with Crippen molar-refractivity contribution in [1.29, 1.82) is 0 Å². The molecular formula is C8H19NO3. The van der Waals surface area contributed by atoms with E-state index in [0.29, 0.717) is 0 Å². The first-order chi connectivity index (χ1) is 5.39. The molecule has 4 nitrogen and oxygen atoms in total. The Bertz CT molecular complexity index is 118. The molecule has 0 aromatic heterocycles. The van der Waals surface area contributed by atoms with Crippen LogP contribution in [-0.2, 0) is 0 Å². The number of hydrogen-bond donors (Lipinski definition) is 4. The normalized spacial score (nSPS) is 13.5. The third-order valence-electron chi connectivity index (χ3n) is 1.55. The van der Waals surface area contributed by atoms with Gasteiger partial charge in [-0.3, -0.25) is 0 Å². The van der Waals surface area contributed by atoms with Gasteiger partial charge in [0.15, 0.2) is 0 Å². The predicted octanol–water partition coefficient (Wildman–Crippen LogP) is -0.910. The summed E-state index contributed by atoms with van der Waals surface area (Å²) in [6, 6.07) is 0. The van der Waals surface area contributed by atoms with Crippen molar-refractivity contribution in [3.05, 3.63) is 0 Å². The second kappa shape index (κ2) is 4.18. The topological polar surface area (TPSA) is 72.7 Å². The van der Waals surface area contributed by atoms with Crippen molar-refractivity contribution in [1.82, 2.24) is 5.32 Å². The Morgan fingerprint density at radius 2 is 1.25 bits per heavy atom. The smallest absolute Gasteiger partial charge is 0.0885 e. The minimum absolute atomic E-state index is 0.242. The molecule has 0 aliphatic rings. The first kappa shape index (κ1) is 11.8. The van der Waals surface area contributed by atoms with Gasteiger partial charge in [-0.1, -0.05) is 0 Å². The fraction of sp³-hybridized carbons (Fsp3) is 1.00. The van der Waals surface area contributed by atoms with Crippen LogP contribution in [0.25, 0.3) is 0 Å². The van der Waals surface area contributed by atoms with E-state index in [-0.39, 0.29) is 25.4 Å². The molecule has 0 fully saturated rings. The van der Waals surface area contributed by atoms with Crippen LogP contribution < -0.4 is 5.32 Å². The Morgan fingerprint density at radius 1 is 0.917 bits per heavy atom. The molecule has 0 rings (SSSR count). The molecule has 0 bridgehead atoms. The molecule has 0 aliphatic heterocycles. The van der Waals surface area contributed by atoms with Gasteiger partial charge < -0.3 is 20.6 Å². The summed E-state index contributed by atoms with van der Waals surface area (Å²) >= 11 is 0. The Labute approximate surface area is 73.2 Å². The number of nitrogens with one attached hydrogen (secondary N) is 1. The Balaban J connectivity index is 4.30. The summed E-state index contributed by atoms with van der Waals surface area (Å²) < 4.78 is 0. The van der Waals surface area contributed by atoms with Gasteiger partial charge in [0.25, 0.3) is 0 Å². The van der Waals surface area contributed by atoms with Gasteiger partial charge in [-0.05, 0) is 20.8 Å². The van der Waals surface area contributed by atoms with Crippen molar-refractivity contribution in [3.8, 4) is 0 Å². The van der Waals surface area contributed by atoms with Crippen molar-refractivity contribution < 1.29 is 15.3 Å². The van der Waals surface area contributed by atoms with E-state index >= 15 is 0 Å². The fourth-order valence-corrected chi connectivity index (χ4v) is 1.06. The lowest BCUT2D eigenvalue weighted by Gasteiger charge is -2.36. The second-order valence-corrected chi connectivity index (χ2v) is 4.13. The highest BCUT2D eigenvalue weighted by atomic mass is 16.3. The molecule has 0 aliphatic carbocycles. The summed E-state index contributed by atoms with van der Waals surface area (Å²) in [5.74, 6) is 0. The summed E-state index contributed by atoms with van der Waals surface area (Å²) in [7, 11) is 0. The monoisotopic (exact) mass is 177 g/mol. The maximum atomic E-state index is 8.96. The average Bonchev–Trinajstić information content (AvgIpc) is 1.99. The molecule has 0 atom stereocenters. The Hall–Kier alpha value is -0.160. The zero-order valence-electron chi connectivity index (χ0n) is 7.96. The van der Waals surface area contributed by atoms with Crippen molar-refractivity contribution >= 4 is 0 Å². The van der Waals surface area contributed by atoms with Crippen molar-refractivity contribution in [3.63, 3.8) is 0 Å². The molecule has 0 aromatic rings. The van der Waals surface area contributed by atoms with Crippen LogP contribution >= 0.6 is 0 Å². The number of aliphatic hydroxyl groups excluding tert-OH is 3. The Morgan fingerprint density at radius 3 is 1.33 bits per heavy atom. The molecule has 0 saturated carbocycles. The van der Waals surface area contributed by atoms with Crippen LogP contribution in [0.1, 0.15) is 20.8 Å². The number of hydrogen-bond acceptors (Lipinski definition) is 4. The highest BCUT2D eigenvalue weighted by Crippen LogP contribution is 2.09. The highest BCUT2D eigenvalue weighted by Gasteiger charge is 2.31. The molecule has 4 heteroatoms. The third-order valence-corrected chi connectivity index (χ3v) is 1.55. The molecule has 0 spiro atoms. The lowest BCUT2D eigenvalue weighted by atomic mass is 9.97. The molecule has 0 amide bonds. The number of rotatable bonds is 4. The summed E-state index contributed by atoms with van der Waals surface area (Å²) in [6.45, 7) is 4.88. The van der Waals surface area contributed by atoms with E-state index < -0.39 is 5.54 Å². The molecule has 0 saturated heterocycles. The van der Waals surface area contributed by atoms with Gasteiger partial charge in [0, 0.05) is 5.54 Å². The summed E-state index contributed by atoms with van der Waals surface area (Å²) in [6.07, 6.45) is 0. The van der Waals surface area contributed by atoms with Crippen LogP contribution in [0.2, 0.25) is 0 Å². The molecule has 12 heavy (non-hydrogen) atoms. The molecule has 4 N–H and O–H groups in total. The van der Waals surface area contributed by atoms with Crippen LogP contribution in [0.5, 0.6) is 0 Å². The maximum Gasteiger partial charge on any atom is 0.0885 e. The predicted molar refractivity (Wildman–Crippen MR) is 46.9 cm³/mol. The van der Waals surface area contributed by atoms with Crippen LogP contribution in [0.3, 0.4) is 0 Å².